The molecule has 0 saturated carbocycles. The highest BCUT2D eigenvalue weighted by molar-refractivity contribution is 5.81. The maximum Gasteiger partial charge on any atom is 0.138 e. The van der Waals surface area contributed by atoms with Crippen molar-refractivity contribution in [2.45, 2.75) is 26.2 Å². The Labute approximate surface area is 90.9 Å². The lowest BCUT2D eigenvalue weighted by molar-refractivity contribution is -0.123. The first kappa shape index (κ1) is 11.9. The van der Waals surface area contributed by atoms with Gasteiger partial charge >= 0.3 is 0 Å². The Morgan fingerprint density at radius 1 is 1.33 bits per heavy atom. The van der Waals surface area contributed by atoms with Crippen molar-refractivity contribution in [1.82, 2.24) is 0 Å². The van der Waals surface area contributed by atoms with E-state index in [2.05, 4.69) is 0 Å². The molecule has 0 aromatic heterocycles. The maximum absolute atomic E-state index is 11.6. The van der Waals surface area contributed by atoms with Crippen LogP contribution in [0.1, 0.15) is 25.3 Å². The average molecular weight is 206 g/mol. The van der Waals surface area contributed by atoms with E-state index >= 15 is 0 Å². The van der Waals surface area contributed by atoms with E-state index < -0.39 is 0 Å². The molecule has 0 radical (unpaired) electrons. The largest absolute Gasteiger partial charge is 0.396 e. The molecule has 15 heavy (non-hydrogen) atoms. The lowest BCUT2D eigenvalue weighted by Gasteiger charge is -2.12. The highest BCUT2D eigenvalue weighted by atomic mass is 16.3. The van der Waals surface area contributed by atoms with Gasteiger partial charge in [-0.25, -0.2) is 0 Å². The maximum atomic E-state index is 11.6. The van der Waals surface area contributed by atoms with E-state index in [1.165, 1.54) is 5.56 Å². The monoisotopic (exact) mass is 206 g/mol. The number of carbonyl (C=O) groups is 1. The fraction of sp³-hybridized carbons (Fsp3) is 0.462. The zero-order valence-corrected chi connectivity index (χ0v) is 9.15. The van der Waals surface area contributed by atoms with Crippen LogP contribution in [0.3, 0.4) is 0 Å². The molecule has 0 aliphatic heterocycles. The summed E-state index contributed by atoms with van der Waals surface area (Å²) in [6, 6.07) is 10.0. The van der Waals surface area contributed by atoms with E-state index in [1.807, 2.05) is 37.3 Å². The predicted octanol–water partition coefficient (Wildman–Crippen LogP) is 2.21. The second kappa shape index (κ2) is 6.36. The molecule has 1 aromatic rings. The molecule has 2 heteroatoms. The van der Waals surface area contributed by atoms with Crippen LogP contribution in [0, 0.1) is 5.92 Å². The van der Waals surface area contributed by atoms with Crippen LogP contribution in [0.15, 0.2) is 30.3 Å². The van der Waals surface area contributed by atoms with Crippen molar-refractivity contribution in [3.63, 3.8) is 0 Å². The first-order chi connectivity index (χ1) is 7.27. The smallest absolute Gasteiger partial charge is 0.138 e. The minimum Gasteiger partial charge on any atom is -0.396 e. The van der Waals surface area contributed by atoms with E-state index in [4.69, 9.17) is 5.11 Å². The molecule has 0 spiro atoms. The van der Waals surface area contributed by atoms with Crippen LogP contribution < -0.4 is 0 Å². The SMILES string of the molecule is CCC(Cc1ccccc1)C(=O)CCO. The van der Waals surface area contributed by atoms with E-state index in [-0.39, 0.29) is 24.7 Å². The van der Waals surface area contributed by atoms with Gasteiger partial charge in [0, 0.05) is 18.9 Å². The molecule has 0 bridgehead atoms. The first-order valence-electron chi connectivity index (χ1n) is 5.45. The van der Waals surface area contributed by atoms with Crippen molar-refractivity contribution < 1.29 is 9.90 Å². The molecule has 0 heterocycles. The van der Waals surface area contributed by atoms with Gasteiger partial charge in [-0.05, 0) is 18.4 Å². The van der Waals surface area contributed by atoms with Crippen LogP contribution in [0.25, 0.3) is 0 Å². The molecule has 0 aliphatic rings. The normalized spacial score (nSPS) is 12.4. The van der Waals surface area contributed by atoms with Crippen molar-refractivity contribution in [3.05, 3.63) is 35.9 Å². The van der Waals surface area contributed by atoms with Gasteiger partial charge in [0.05, 0.1) is 0 Å². The summed E-state index contributed by atoms with van der Waals surface area (Å²) < 4.78 is 0. The Bertz CT molecular complexity index is 293. The van der Waals surface area contributed by atoms with Gasteiger partial charge in [0.15, 0.2) is 0 Å². The highest BCUT2D eigenvalue weighted by Crippen LogP contribution is 2.14. The van der Waals surface area contributed by atoms with Crippen molar-refractivity contribution in [2.24, 2.45) is 5.92 Å². The molecule has 1 atom stereocenters. The van der Waals surface area contributed by atoms with E-state index in [9.17, 15) is 4.79 Å². The molecule has 2 nitrogen and oxygen atoms in total. The van der Waals surface area contributed by atoms with E-state index in [0.29, 0.717) is 0 Å². The second-order valence-corrected chi connectivity index (χ2v) is 3.73. The number of carbonyl (C=O) groups excluding carboxylic acids is 1. The zero-order valence-electron chi connectivity index (χ0n) is 9.15. The lowest BCUT2D eigenvalue weighted by atomic mass is 9.91. The van der Waals surface area contributed by atoms with Gasteiger partial charge in [0.2, 0.25) is 0 Å². The predicted molar refractivity (Wildman–Crippen MR) is 60.6 cm³/mol. The Morgan fingerprint density at radius 2 is 2.00 bits per heavy atom. The number of hydrogen-bond acceptors (Lipinski definition) is 2. The number of ketones is 1. The number of benzene rings is 1. The number of rotatable bonds is 6. The van der Waals surface area contributed by atoms with Gasteiger partial charge in [-0.2, -0.15) is 0 Å². The van der Waals surface area contributed by atoms with Gasteiger partial charge < -0.3 is 5.11 Å². The number of aliphatic hydroxyl groups is 1. The molecule has 1 aromatic carbocycles. The van der Waals surface area contributed by atoms with E-state index in [0.717, 1.165) is 12.8 Å². The van der Waals surface area contributed by atoms with Crippen LogP contribution in [-0.4, -0.2) is 17.5 Å². The van der Waals surface area contributed by atoms with Crippen LogP contribution in [0.5, 0.6) is 0 Å². The Balaban J connectivity index is 2.58. The third-order valence-electron chi connectivity index (χ3n) is 2.63. The lowest BCUT2D eigenvalue weighted by Crippen LogP contribution is -2.17. The van der Waals surface area contributed by atoms with Gasteiger partial charge in [0.1, 0.15) is 5.78 Å². The van der Waals surface area contributed by atoms with E-state index in [1.54, 1.807) is 0 Å². The fourth-order valence-corrected chi connectivity index (χ4v) is 1.70. The van der Waals surface area contributed by atoms with Crippen molar-refractivity contribution in [1.29, 1.82) is 0 Å². The van der Waals surface area contributed by atoms with Crippen LogP contribution in [0.4, 0.5) is 0 Å². The molecular weight excluding hydrogens is 188 g/mol. The molecular formula is C13H18O2. The quantitative estimate of drug-likeness (QED) is 0.774. The molecule has 0 aliphatic carbocycles. The van der Waals surface area contributed by atoms with Crippen molar-refractivity contribution in [2.75, 3.05) is 6.61 Å². The second-order valence-electron chi connectivity index (χ2n) is 3.73. The molecule has 1 unspecified atom stereocenters. The summed E-state index contributed by atoms with van der Waals surface area (Å²) >= 11 is 0. The summed E-state index contributed by atoms with van der Waals surface area (Å²) in [5, 5.41) is 8.73. The molecule has 0 saturated heterocycles. The summed E-state index contributed by atoms with van der Waals surface area (Å²) in [6.45, 7) is 1.98. The molecule has 1 rings (SSSR count). The average Bonchev–Trinajstić information content (AvgIpc) is 2.27. The number of hydrogen-bond donors (Lipinski definition) is 1. The Morgan fingerprint density at radius 3 is 2.53 bits per heavy atom. The topological polar surface area (TPSA) is 37.3 Å². The summed E-state index contributed by atoms with van der Waals surface area (Å²) in [4.78, 5) is 11.6. The zero-order chi connectivity index (χ0) is 11.1. The minimum absolute atomic E-state index is 0.0376. The molecule has 1 N–H and O–H groups in total. The molecule has 0 amide bonds. The fourth-order valence-electron chi connectivity index (χ4n) is 1.70. The number of aliphatic hydroxyl groups excluding tert-OH is 1. The summed E-state index contributed by atoms with van der Waals surface area (Å²) in [7, 11) is 0. The highest BCUT2D eigenvalue weighted by Gasteiger charge is 2.15. The first-order valence-corrected chi connectivity index (χ1v) is 5.45. The van der Waals surface area contributed by atoms with Gasteiger partial charge in [-0.15, -0.1) is 0 Å². The van der Waals surface area contributed by atoms with Gasteiger partial charge in [0.25, 0.3) is 0 Å². The summed E-state index contributed by atoms with van der Waals surface area (Å²) in [5.41, 5.74) is 1.19. The summed E-state index contributed by atoms with van der Waals surface area (Å²) in [6.07, 6.45) is 1.91. The van der Waals surface area contributed by atoms with Crippen LogP contribution >= 0.6 is 0 Å². The molecule has 0 fully saturated rings. The van der Waals surface area contributed by atoms with Crippen molar-refractivity contribution >= 4 is 5.78 Å². The third kappa shape index (κ3) is 3.84. The van der Waals surface area contributed by atoms with Gasteiger partial charge in [-0.1, -0.05) is 37.3 Å². The van der Waals surface area contributed by atoms with Crippen molar-refractivity contribution in [3.8, 4) is 0 Å². The third-order valence-corrected chi connectivity index (χ3v) is 2.63. The number of Topliss-reactive ketones (excluding diaryl/α,β-unsaturated/α-hetero) is 1. The molecule has 82 valence electrons. The Kier molecular flexibility index (Phi) is 5.05. The van der Waals surface area contributed by atoms with Gasteiger partial charge in [-0.3, -0.25) is 4.79 Å². The van der Waals surface area contributed by atoms with Crippen LogP contribution in [-0.2, 0) is 11.2 Å². The Hall–Kier alpha value is -1.15. The standard InChI is InChI=1S/C13H18O2/c1-2-12(13(15)8-9-14)10-11-6-4-3-5-7-11/h3-7,12,14H,2,8-10H2,1H3. The minimum atomic E-state index is -0.0376. The van der Waals surface area contributed by atoms with Crippen LogP contribution in [0.2, 0.25) is 0 Å². The summed E-state index contributed by atoms with van der Waals surface area (Å²) in [5.74, 6) is 0.225.